The maximum atomic E-state index is 12.0. The standard InChI is InChI=1S/C15H21N3O4/c1-15(2,3)22-14(19)17(18(20)21)13-8-6-12(7-9-13)16-10-4-5-11-16/h6-9H,4-5,10-11H2,1-3H3. The van der Waals surface area contributed by atoms with Gasteiger partial charge in [0.15, 0.2) is 5.03 Å². The van der Waals surface area contributed by atoms with Crippen LogP contribution in [0.1, 0.15) is 33.6 Å². The number of anilines is 2. The SMILES string of the molecule is CC(C)(C)OC(=O)N(c1ccc(N2CCCC2)cc1)[N+](=O)[O-]. The van der Waals surface area contributed by atoms with Gasteiger partial charge in [0.2, 0.25) is 0 Å². The van der Waals surface area contributed by atoms with Gasteiger partial charge < -0.3 is 9.64 Å². The van der Waals surface area contributed by atoms with E-state index in [1.54, 1.807) is 45.0 Å². The number of rotatable bonds is 3. The molecule has 0 N–H and O–H groups in total. The quantitative estimate of drug-likeness (QED) is 0.633. The number of ether oxygens (including phenoxy) is 1. The Morgan fingerprint density at radius 3 is 2.23 bits per heavy atom. The average Bonchev–Trinajstić information content (AvgIpc) is 2.91. The lowest BCUT2D eigenvalue weighted by molar-refractivity contribution is -0.484. The van der Waals surface area contributed by atoms with Crippen LogP contribution in [0.3, 0.4) is 0 Å². The highest BCUT2D eigenvalue weighted by atomic mass is 16.7. The molecule has 1 aliphatic heterocycles. The van der Waals surface area contributed by atoms with E-state index in [1.807, 2.05) is 0 Å². The molecule has 0 aliphatic carbocycles. The minimum atomic E-state index is -0.994. The molecule has 0 spiro atoms. The van der Waals surface area contributed by atoms with Crippen molar-refractivity contribution in [3.63, 3.8) is 0 Å². The summed E-state index contributed by atoms with van der Waals surface area (Å²) in [5, 5.41) is 10.9. The number of nitro groups is 1. The predicted molar refractivity (Wildman–Crippen MR) is 83.6 cm³/mol. The number of nitrogens with zero attached hydrogens (tertiary/aromatic N) is 3. The second-order valence-corrected chi connectivity index (χ2v) is 6.24. The fourth-order valence-corrected chi connectivity index (χ4v) is 2.35. The first-order chi connectivity index (χ1) is 10.3. The van der Waals surface area contributed by atoms with Crippen molar-refractivity contribution in [2.45, 2.75) is 39.2 Å². The van der Waals surface area contributed by atoms with Crippen molar-refractivity contribution in [3.05, 3.63) is 34.4 Å². The van der Waals surface area contributed by atoms with Crippen LogP contribution in [0.2, 0.25) is 0 Å². The molecule has 0 unspecified atom stereocenters. The Labute approximate surface area is 129 Å². The van der Waals surface area contributed by atoms with Crippen LogP contribution >= 0.6 is 0 Å². The third kappa shape index (κ3) is 3.87. The Morgan fingerprint density at radius 1 is 1.23 bits per heavy atom. The summed E-state index contributed by atoms with van der Waals surface area (Å²) in [6.45, 7) is 6.98. The first-order valence-electron chi connectivity index (χ1n) is 7.30. The van der Waals surface area contributed by atoms with Gasteiger partial charge in [-0.2, -0.15) is 0 Å². The molecule has 1 aliphatic rings. The lowest BCUT2D eigenvalue weighted by Gasteiger charge is -2.22. The van der Waals surface area contributed by atoms with E-state index in [0.717, 1.165) is 31.6 Å². The van der Waals surface area contributed by atoms with E-state index in [4.69, 9.17) is 4.74 Å². The second kappa shape index (κ2) is 6.21. The van der Waals surface area contributed by atoms with Gasteiger partial charge in [0.1, 0.15) is 11.3 Å². The van der Waals surface area contributed by atoms with Gasteiger partial charge in [0.25, 0.3) is 0 Å². The molecule has 120 valence electrons. The zero-order valence-electron chi connectivity index (χ0n) is 13.1. The van der Waals surface area contributed by atoms with Crippen molar-refractivity contribution >= 4 is 17.5 Å². The Balaban J connectivity index is 2.18. The van der Waals surface area contributed by atoms with Crippen LogP contribution in [0.5, 0.6) is 0 Å². The number of benzene rings is 1. The molecule has 0 atom stereocenters. The van der Waals surface area contributed by atoms with Gasteiger partial charge in [-0.05, 0) is 57.9 Å². The molecule has 1 saturated heterocycles. The summed E-state index contributed by atoms with van der Waals surface area (Å²) in [5.41, 5.74) is 0.400. The van der Waals surface area contributed by atoms with Gasteiger partial charge in [-0.1, -0.05) is 0 Å². The van der Waals surface area contributed by atoms with Gasteiger partial charge in [-0.3, -0.25) is 0 Å². The Morgan fingerprint density at radius 2 is 1.77 bits per heavy atom. The van der Waals surface area contributed by atoms with E-state index >= 15 is 0 Å². The van der Waals surface area contributed by atoms with E-state index in [2.05, 4.69) is 4.90 Å². The molecule has 0 bridgehead atoms. The van der Waals surface area contributed by atoms with Gasteiger partial charge in [-0.15, -0.1) is 0 Å². The van der Waals surface area contributed by atoms with Crippen LogP contribution in [0.15, 0.2) is 24.3 Å². The largest absolute Gasteiger partial charge is 0.473 e. The number of amides is 1. The van der Waals surface area contributed by atoms with Crippen molar-refractivity contribution in [2.75, 3.05) is 23.0 Å². The molecule has 0 radical (unpaired) electrons. The summed E-state index contributed by atoms with van der Waals surface area (Å²) < 4.78 is 5.08. The molecule has 1 fully saturated rings. The van der Waals surface area contributed by atoms with Crippen LogP contribution in [0, 0.1) is 10.1 Å². The lowest BCUT2D eigenvalue weighted by Crippen LogP contribution is -2.40. The van der Waals surface area contributed by atoms with Gasteiger partial charge in [-0.25, -0.2) is 14.9 Å². The number of hydrazine groups is 1. The summed E-state index contributed by atoms with van der Waals surface area (Å²) in [6.07, 6.45) is 1.31. The van der Waals surface area contributed by atoms with Crippen LogP contribution in [0.4, 0.5) is 16.2 Å². The monoisotopic (exact) mass is 307 g/mol. The number of carbonyl (C=O) groups is 1. The predicted octanol–water partition coefficient (Wildman–Crippen LogP) is 3.22. The van der Waals surface area contributed by atoms with Gasteiger partial charge in [0, 0.05) is 23.8 Å². The van der Waals surface area contributed by atoms with E-state index in [-0.39, 0.29) is 5.69 Å². The molecule has 1 heterocycles. The lowest BCUT2D eigenvalue weighted by atomic mass is 10.2. The third-order valence-corrected chi connectivity index (χ3v) is 3.30. The van der Waals surface area contributed by atoms with E-state index in [1.165, 1.54) is 0 Å². The van der Waals surface area contributed by atoms with Gasteiger partial charge >= 0.3 is 6.09 Å². The summed E-state index contributed by atoms with van der Waals surface area (Å²) >= 11 is 0. The normalized spacial score (nSPS) is 14.8. The Hall–Kier alpha value is -2.31. The molecule has 1 aromatic rings. The molecule has 0 saturated carbocycles. The first-order valence-corrected chi connectivity index (χ1v) is 7.30. The van der Waals surface area contributed by atoms with Crippen LogP contribution in [-0.2, 0) is 4.74 Å². The fraction of sp³-hybridized carbons (Fsp3) is 0.533. The van der Waals surface area contributed by atoms with Crippen molar-refractivity contribution in [3.8, 4) is 0 Å². The summed E-state index contributed by atoms with van der Waals surface area (Å²) in [4.78, 5) is 25.4. The van der Waals surface area contributed by atoms with Crippen LogP contribution in [0.25, 0.3) is 0 Å². The molecule has 22 heavy (non-hydrogen) atoms. The average molecular weight is 307 g/mol. The minimum Gasteiger partial charge on any atom is -0.440 e. The summed E-state index contributed by atoms with van der Waals surface area (Å²) in [6, 6.07) is 6.73. The molecule has 7 nitrogen and oxygen atoms in total. The number of carbonyl (C=O) groups excluding carboxylic acids is 1. The maximum absolute atomic E-state index is 12.0. The molecule has 0 aromatic heterocycles. The topological polar surface area (TPSA) is 75.9 Å². The number of hydrogen-bond acceptors (Lipinski definition) is 5. The van der Waals surface area contributed by atoms with E-state index in [0.29, 0.717) is 5.01 Å². The Kier molecular flexibility index (Phi) is 4.54. The molecule has 2 rings (SSSR count). The third-order valence-electron chi connectivity index (χ3n) is 3.30. The van der Waals surface area contributed by atoms with Crippen LogP contribution in [-0.4, -0.2) is 29.8 Å². The highest BCUT2D eigenvalue weighted by molar-refractivity contribution is 5.85. The second-order valence-electron chi connectivity index (χ2n) is 6.24. The molecular weight excluding hydrogens is 286 g/mol. The zero-order valence-corrected chi connectivity index (χ0v) is 13.1. The van der Waals surface area contributed by atoms with Crippen molar-refractivity contribution in [1.29, 1.82) is 0 Å². The highest BCUT2D eigenvalue weighted by Gasteiger charge is 2.32. The number of hydrogen-bond donors (Lipinski definition) is 0. The zero-order chi connectivity index (χ0) is 16.3. The smallest absolute Gasteiger partial charge is 0.440 e. The summed E-state index contributed by atoms with van der Waals surface area (Å²) in [7, 11) is 0. The Bertz CT molecular complexity index is 545. The minimum absolute atomic E-state index is 0.183. The van der Waals surface area contributed by atoms with E-state index in [9.17, 15) is 14.9 Å². The molecule has 1 aromatic carbocycles. The van der Waals surface area contributed by atoms with Crippen molar-refractivity contribution in [1.82, 2.24) is 0 Å². The van der Waals surface area contributed by atoms with Crippen molar-refractivity contribution in [2.24, 2.45) is 0 Å². The highest BCUT2D eigenvalue weighted by Crippen LogP contribution is 2.25. The fourth-order valence-electron chi connectivity index (χ4n) is 2.35. The molecule has 1 amide bonds. The summed E-state index contributed by atoms with van der Waals surface area (Å²) in [5.74, 6) is 0. The molecular formula is C15H21N3O4. The van der Waals surface area contributed by atoms with Crippen molar-refractivity contribution < 1.29 is 14.6 Å². The first kappa shape index (κ1) is 16.1. The maximum Gasteiger partial charge on any atom is 0.473 e. The van der Waals surface area contributed by atoms with Crippen LogP contribution < -0.4 is 9.91 Å². The van der Waals surface area contributed by atoms with E-state index < -0.39 is 16.7 Å². The van der Waals surface area contributed by atoms with Gasteiger partial charge in [0.05, 0.1) is 0 Å². The molecule has 7 heteroatoms.